The number of hydrogen-bond donors (Lipinski definition) is 3. The lowest BCUT2D eigenvalue weighted by molar-refractivity contribution is 0.0693. The third-order valence-electron chi connectivity index (χ3n) is 4.14. The molecule has 0 unspecified atom stereocenters. The molecule has 4 nitrogen and oxygen atoms in total. The lowest BCUT2D eigenvalue weighted by atomic mass is 9.79. The maximum absolute atomic E-state index is 11.3. The van der Waals surface area contributed by atoms with Gasteiger partial charge in [-0.05, 0) is 37.3 Å². The van der Waals surface area contributed by atoms with Gasteiger partial charge >= 0.3 is 5.97 Å². The fourth-order valence-electron chi connectivity index (χ4n) is 2.97. The number of aromatic carboxylic acids is 1. The Hall–Kier alpha value is -1.26. The summed E-state index contributed by atoms with van der Waals surface area (Å²) in [6, 6.07) is 2.76. The van der Waals surface area contributed by atoms with Crippen LogP contribution in [0.4, 0.5) is 0 Å². The second-order valence-electron chi connectivity index (χ2n) is 5.42. The normalized spacial score (nSPS) is 17.3. The average Bonchev–Trinajstić information content (AvgIpc) is 2.41. The molecule has 1 atom stereocenters. The van der Waals surface area contributed by atoms with Crippen LogP contribution in [0.25, 0.3) is 0 Å². The van der Waals surface area contributed by atoms with Gasteiger partial charge < -0.3 is 15.9 Å². The Balaban J connectivity index is 0.00000200. The summed E-state index contributed by atoms with van der Waals surface area (Å²) in [5.74, 6) is -0.728. The molecule has 0 heterocycles. The number of benzene rings is 1. The Kier molecular flexibility index (Phi) is 5.84. The number of phenolic OH excluding ortho intramolecular Hbond substituents is 1. The number of nitrogens with two attached hydrogens (primary N) is 1. The van der Waals surface area contributed by atoms with E-state index < -0.39 is 12.0 Å². The van der Waals surface area contributed by atoms with Crippen LogP contribution in [-0.4, -0.2) is 16.2 Å². The lowest BCUT2D eigenvalue weighted by Crippen LogP contribution is -2.25. The van der Waals surface area contributed by atoms with E-state index in [1.807, 2.05) is 0 Å². The molecule has 0 bridgehead atoms. The van der Waals surface area contributed by atoms with E-state index in [1.165, 1.54) is 12.5 Å². The largest absolute Gasteiger partial charge is 0.507 e. The van der Waals surface area contributed by atoms with Gasteiger partial charge in [0, 0.05) is 11.6 Å². The van der Waals surface area contributed by atoms with Gasteiger partial charge in [-0.3, -0.25) is 0 Å². The number of rotatable bonds is 3. The van der Waals surface area contributed by atoms with Gasteiger partial charge in [-0.25, -0.2) is 4.79 Å². The second-order valence-corrected chi connectivity index (χ2v) is 5.42. The molecule has 0 amide bonds. The smallest absolute Gasteiger partial charge is 0.336 e. The molecule has 1 aliphatic rings. The summed E-state index contributed by atoms with van der Waals surface area (Å²) in [6.45, 7) is 1.76. The van der Waals surface area contributed by atoms with Gasteiger partial charge in [-0.1, -0.05) is 25.3 Å². The van der Waals surface area contributed by atoms with Crippen molar-refractivity contribution in [3.8, 4) is 5.75 Å². The number of halogens is 1. The molecule has 2 rings (SSSR count). The Bertz CT molecular complexity index is 484. The van der Waals surface area contributed by atoms with Crippen molar-refractivity contribution in [1.29, 1.82) is 0 Å². The molecule has 20 heavy (non-hydrogen) atoms. The van der Waals surface area contributed by atoms with E-state index in [9.17, 15) is 15.0 Å². The van der Waals surface area contributed by atoms with E-state index in [4.69, 9.17) is 5.73 Å². The van der Waals surface area contributed by atoms with Gasteiger partial charge in [0.15, 0.2) is 0 Å². The molecule has 1 aromatic carbocycles. The molecule has 0 radical (unpaired) electrons. The monoisotopic (exact) mass is 299 g/mol. The number of hydrogen-bond acceptors (Lipinski definition) is 3. The van der Waals surface area contributed by atoms with Gasteiger partial charge in [0.05, 0.1) is 5.56 Å². The summed E-state index contributed by atoms with van der Waals surface area (Å²) in [6.07, 6.45) is 5.50. The molecular weight excluding hydrogens is 278 g/mol. The van der Waals surface area contributed by atoms with E-state index in [-0.39, 0.29) is 29.6 Å². The molecule has 1 saturated carbocycles. The fraction of sp³-hybridized carbons (Fsp3) is 0.533. The number of carboxylic acids is 1. The zero-order valence-corrected chi connectivity index (χ0v) is 12.4. The van der Waals surface area contributed by atoms with Gasteiger partial charge in [-0.2, -0.15) is 0 Å². The minimum atomic E-state index is -1.03. The first-order valence-corrected chi connectivity index (χ1v) is 6.83. The number of aromatic hydroxyl groups is 1. The number of phenols is 1. The van der Waals surface area contributed by atoms with Crippen LogP contribution in [0.1, 0.15) is 59.6 Å². The van der Waals surface area contributed by atoms with E-state index in [2.05, 4.69) is 0 Å². The molecule has 0 saturated heterocycles. The minimum absolute atomic E-state index is 0. The van der Waals surface area contributed by atoms with Crippen LogP contribution in [-0.2, 0) is 0 Å². The maximum atomic E-state index is 11.3. The molecule has 5 heteroatoms. The van der Waals surface area contributed by atoms with Crippen molar-refractivity contribution in [3.05, 3.63) is 28.8 Å². The highest BCUT2D eigenvalue weighted by atomic mass is 35.5. The van der Waals surface area contributed by atoms with Crippen molar-refractivity contribution in [2.24, 2.45) is 11.7 Å². The topological polar surface area (TPSA) is 83.5 Å². The molecule has 0 aliphatic heterocycles. The fourth-order valence-corrected chi connectivity index (χ4v) is 2.97. The van der Waals surface area contributed by atoms with Gasteiger partial charge in [0.2, 0.25) is 0 Å². The van der Waals surface area contributed by atoms with Crippen LogP contribution >= 0.6 is 12.4 Å². The predicted octanol–water partition coefficient (Wildman–Crippen LogP) is 3.40. The van der Waals surface area contributed by atoms with Crippen molar-refractivity contribution < 1.29 is 15.0 Å². The second kappa shape index (κ2) is 6.95. The van der Waals surface area contributed by atoms with Gasteiger partial charge in [0.1, 0.15) is 5.75 Å². The van der Waals surface area contributed by atoms with Gasteiger partial charge in [-0.15, -0.1) is 12.4 Å². The summed E-state index contributed by atoms with van der Waals surface area (Å²) in [4.78, 5) is 11.3. The van der Waals surface area contributed by atoms with Gasteiger partial charge in [0.25, 0.3) is 0 Å². The Morgan fingerprint density at radius 1 is 1.30 bits per heavy atom. The van der Waals surface area contributed by atoms with E-state index in [1.54, 1.807) is 13.0 Å². The zero-order valence-electron chi connectivity index (χ0n) is 11.6. The molecule has 1 fully saturated rings. The minimum Gasteiger partial charge on any atom is -0.507 e. The molecule has 4 N–H and O–H groups in total. The van der Waals surface area contributed by atoms with Crippen LogP contribution in [0.2, 0.25) is 0 Å². The van der Waals surface area contributed by atoms with Crippen molar-refractivity contribution in [3.63, 3.8) is 0 Å². The van der Waals surface area contributed by atoms with Crippen LogP contribution in [0.3, 0.4) is 0 Å². The average molecular weight is 300 g/mol. The Labute approximate surface area is 125 Å². The standard InChI is InChI=1S/C15H21NO3.ClH/c1-9-7-8-11(15(18)19)12(14(9)17)13(16)10-5-3-2-4-6-10;/h7-8,10,13,17H,2-6,16H2,1H3,(H,18,19);1H/t13-;/m1./s1. The van der Waals surface area contributed by atoms with Crippen LogP contribution in [0, 0.1) is 12.8 Å². The van der Waals surface area contributed by atoms with Crippen molar-refractivity contribution in [2.45, 2.75) is 45.1 Å². The predicted molar refractivity (Wildman–Crippen MR) is 80.6 cm³/mol. The first-order chi connectivity index (χ1) is 9.02. The highest BCUT2D eigenvalue weighted by Crippen LogP contribution is 2.39. The maximum Gasteiger partial charge on any atom is 0.336 e. The Morgan fingerprint density at radius 3 is 2.45 bits per heavy atom. The molecule has 112 valence electrons. The van der Waals surface area contributed by atoms with Crippen molar-refractivity contribution in [1.82, 2.24) is 0 Å². The van der Waals surface area contributed by atoms with Crippen molar-refractivity contribution >= 4 is 18.4 Å². The summed E-state index contributed by atoms with van der Waals surface area (Å²) in [5, 5.41) is 19.4. The molecule has 1 aliphatic carbocycles. The highest BCUT2D eigenvalue weighted by Gasteiger charge is 2.28. The van der Waals surface area contributed by atoms with Crippen LogP contribution in [0.15, 0.2) is 12.1 Å². The molecule has 1 aromatic rings. The summed E-state index contributed by atoms with van der Waals surface area (Å²) < 4.78 is 0. The third-order valence-corrected chi connectivity index (χ3v) is 4.14. The lowest BCUT2D eigenvalue weighted by Gasteiger charge is -2.29. The number of carboxylic acid groups (broad SMARTS) is 1. The zero-order chi connectivity index (χ0) is 14.0. The molecule has 0 aromatic heterocycles. The van der Waals surface area contributed by atoms with E-state index >= 15 is 0 Å². The first kappa shape index (κ1) is 16.8. The molecule has 0 spiro atoms. The molecular formula is C15H22ClNO3. The van der Waals surface area contributed by atoms with E-state index in [0.717, 1.165) is 25.7 Å². The Morgan fingerprint density at radius 2 is 1.90 bits per heavy atom. The highest BCUT2D eigenvalue weighted by molar-refractivity contribution is 5.90. The van der Waals surface area contributed by atoms with E-state index in [0.29, 0.717) is 11.1 Å². The SMILES string of the molecule is Cc1ccc(C(=O)O)c([C@H](N)C2CCCCC2)c1O.Cl. The van der Waals surface area contributed by atoms with Crippen LogP contribution in [0.5, 0.6) is 5.75 Å². The summed E-state index contributed by atoms with van der Waals surface area (Å²) in [7, 11) is 0. The van der Waals surface area contributed by atoms with Crippen molar-refractivity contribution in [2.75, 3.05) is 0 Å². The quantitative estimate of drug-likeness (QED) is 0.798. The third kappa shape index (κ3) is 3.25. The summed E-state index contributed by atoms with van der Waals surface area (Å²) in [5.41, 5.74) is 7.46. The summed E-state index contributed by atoms with van der Waals surface area (Å²) >= 11 is 0. The van der Waals surface area contributed by atoms with Crippen LogP contribution < -0.4 is 5.73 Å². The first-order valence-electron chi connectivity index (χ1n) is 6.83. The number of aryl methyl sites for hydroxylation is 1. The number of carbonyl (C=O) groups is 1.